The molecule has 10 heteroatoms. The molecule has 1 N–H and O–H groups in total. The first kappa shape index (κ1) is 18.9. The lowest BCUT2D eigenvalue weighted by Gasteiger charge is -2.16. The maximum Gasteiger partial charge on any atom is 0.286 e. The van der Waals surface area contributed by atoms with Gasteiger partial charge < -0.3 is 5.32 Å². The van der Waals surface area contributed by atoms with Crippen molar-refractivity contribution < 1.29 is 17.6 Å². The molecule has 7 nitrogen and oxygen atoms in total. The fourth-order valence-electron chi connectivity index (χ4n) is 2.59. The number of halogens is 1. The Morgan fingerprint density at radius 3 is 2.77 bits per heavy atom. The van der Waals surface area contributed by atoms with Gasteiger partial charge in [-0.05, 0) is 44.2 Å². The first-order chi connectivity index (χ1) is 12.3. The third-order valence-corrected chi connectivity index (χ3v) is 7.40. The molecule has 0 bridgehead atoms. The van der Waals surface area contributed by atoms with Crippen LogP contribution in [0.2, 0.25) is 0 Å². The second kappa shape index (κ2) is 7.77. The fourth-order valence-corrected chi connectivity index (χ4v) is 4.75. The van der Waals surface area contributed by atoms with E-state index in [0.29, 0.717) is 36.8 Å². The van der Waals surface area contributed by atoms with Crippen molar-refractivity contribution in [1.82, 2.24) is 15.1 Å². The Bertz CT molecular complexity index is 883. The molecular formula is C16H19FN4O3S2. The first-order valence-corrected chi connectivity index (χ1v) is 10.7. The Kier molecular flexibility index (Phi) is 5.64. The lowest BCUT2D eigenvalue weighted by atomic mass is 10.3. The first-order valence-electron chi connectivity index (χ1n) is 8.17. The molecule has 1 saturated heterocycles. The SMILES string of the molecule is CC1CCN(Cc2nnc(C(=O)Nc3ccc(F)cc3)s2)CCS1(=O)=O. The number of sulfone groups is 1. The molecule has 1 aliphatic heterocycles. The van der Waals surface area contributed by atoms with Gasteiger partial charge >= 0.3 is 0 Å². The van der Waals surface area contributed by atoms with Crippen LogP contribution in [0.4, 0.5) is 10.1 Å². The summed E-state index contributed by atoms with van der Waals surface area (Å²) >= 11 is 1.17. The van der Waals surface area contributed by atoms with Crippen LogP contribution in [0.15, 0.2) is 24.3 Å². The highest BCUT2D eigenvalue weighted by Gasteiger charge is 2.27. The summed E-state index contributed by atoms with van der Waals surface area (Å²) in [4.78, 5) is 14.2. The topological polar surface area (TPSA) is 92.3 Å². The minimum Gasteiger partial charge on any atom is -0.320 e. The second-order valence-corrected chi connectivity index (χ2v) is 9.81. The average molecular weight is 398 g/mol. The van der Waals surface area contributed by atoms with Crippen molar-refractivity contribution in [3.8, 4) is 0 Å². The van der Waals surface area contributed by atoms with Gasteiger partial charge in [0.1, 0.15) is 10.8 Å². The largest absolute Gasteiger partial charge is 0.320 e. The average Bonchev–Trinajstić information content (AvgIpc) is 3.03. The highest BCUT2D eigenvalue weighted by molar-refractivity contribution is 7.92. The van der Waals surface area contributed by atoms with E-state index in [0.717, 1.165) is 0 Å². The molecule has 1 aliphatic rings. The van der Waals surface area contributed by atoms with Crippen LogP contribution in [-0.2, 0) is 16.4 Å². The molecule has 1 atom stereocenters. The van der Waals surface area contributed by atoms with Crippen molar-refractivity contribution in [3.63, 3.8) is 0 Å². The van der Waals surface area contributed by atoms with Crippen molar-refractivity contribution in [2.75, 3.05) is 24.2 Å². The van der Waals surface area contributed by atoms with E-state index in [1.54, 1.807) is 6.92 Å². The van der Waals surface area contributed by atoms with Crippen molar-refractivity contribution >= 4 is 32.8 Å². The van der Waals surface area contributed by atoms with E-state index in [-0.39, 0.29) is 21.8 Å². The molecule has 0 saturated carbocycles. The van der Waals surface area contributed by atoms with Crippen LogP contribution >= 0.6 is 11.3 Å². The number of anilines is 1. The molecule has 3 rings (SSSR count). The quantitative estimate of drug-likeness (QED) is 0.846. The van der Waals surface area contributed by atoms with Gasteiger partial charge in [0.15, 0.2) is 9.84 Å². The lowest BCUT2D eigenvalue weighted by molar-refractivity contribution is 0.102. The van der Waals surface area contributed by atoms with Crippen molar-refractivity contribution in [2.24, 2.45) is 0 Å². The summed E-state index contributed by atoms with van der Waals surface area (Å²) in [7, 11) is -3.03. The molecule has 26 heavy (non-hydrogen) atoms. The smallest absolute Gasteiger partial charge is 0.286 e. The van der Waals surface area contributed by atoms with E-state index in [1.807, 2.05) is 4.90 Å². The van der Waals surface area contributed by atoms with E-state index < -0.39 is 15.7 Å². The molecular weight excluding hydrogens is 379 g/mol. The zero-order valence-corrected chi connectivity index (χ0v) is 15.8. The number of carbonyl (C=O) groups excluding carboxylic acids is 1. The van der Waals surface area contributed by atoms with Gasteiger partial charge in [0.25, 0.3) is 5.91 Å². The maximum atomic E-state index is 12.9. The number of aromatic nitrogens is 2. The van der Waals surface area contributed by atoms with E-state index in [2.05, 4.69) is 15.5 Å². The zero-order valence-electron chi connectivity index (χ0n) is 14.2. The molecule has 0 radical (unpaired) electrons. The van der Waals surface area contributed by atoms with Crippen LogP contribution < -0.4 is 5.32 Å². The van der Waals surface area contributed by atoms with Crippen LogP contribution in [0.5, 0.6) is 0 Å². The maximum absolute atomic E-state index is 12.9. The summed E-state index contributed by atoms with van der Waals surface area (Å²) in [6.45, 7) is 3.31. The van der Waals surface area contributed by atoms with E-state index in [1.165, 1.54) is 35.6 Å². The Morgan fingerprint density at radius 1 is 1.31 bits per heavy atom. The van der Waals surface area contributed by atoms with Gasteiger partial charge in [0.05, 0.1) is 17.5 Å². The predicted octanol–water partition coefficient (Wildman–Crippen LogP) is 1.94. The number of amides is 1. The van der Waals surface area contributed by atoms with E-state index in [9.17, 15) is 17.6 Å². The third kappa shape index (κ3) is 4.63. The molecule has 2 heterocycles. The minimum absolute atomic E-state index is 0.130. The van der Waals surface area contributed by atoms with Gasteiger partial charge in [-0.25, -0.2) is 12.8 Å². The van der Waals surface area contributed by atoms with Gasteiger partial charge in [-0.15, -0.1) is 10.2 Å². The van der Waals surface area contributed by atoms with Crippen LogP contribution in [0.3, 0.4) is 0 Å². The summed E-state index contributed by atoms with van der Waals surface area (Å²) in [6, 6.07) is 5.45. The summed E-state index contributed by atoms with van der Waals surface area (Å²) in [5.41, 5.74) is 0.472. The van der Waals surface area contributed by atoms with Crippen LogP contribution in [-0.4, -0.2) is 53.5 Å². The molecule has 1 fully saturated rings. The van der Waals surface area contributed by atoms with Crippen molar-refractivity contribution in [1.29, 1.82) is 0 Å². The number of rotatable bonds is 4. The third-order valence-electron chi connectivity index (χ3n) is 4.28. The molecule has 140 valence electrons. The number of benzene rings is 1. The number of hydrogen-bond acceptors (Lipinski definition) is 7. The number of nitrogens with zero attached hydrogens (tertiary/aromatic N) is 3. The van der Waals surface area contributed by atoms with Gasteiger partial charge in [0.2, 0.25) is 5.01 Å². The summed E-state index contributed by atoms with van der Waals surface area (Å²) in [6.07, 6.45) is 0.582. The van der Waals surface area contributed by atoms with Gasteiger partial charge in [-0.3, -0.25) is 9.69 Å². The molecule has 1 aromatic heterocycles. The highest BCUT2D eigenvalue weighted by Crippen LogP contribution is 2.18. The summed E-state index contributed by atoms with van der Waals surface area (Å²) in [5.74, 6) is -0.660. The monoisotopic (exact) mass is 398 g/mol. The Labute approximate surface area is 155 Å². The van der Waals surface area contributed by atoms with Crippen LogP contribution in [0.1, 0.15) is 28.2 Å². The number of hydrogen-bond donors (Lipinski definition) is 1. The second-order valence-electron chi connectivity index (χ2n) is 6.20. The number of carbonyl (C=O) groups is 1. The minimum atomic E-state index is -3.03. The van der Waals surface area contributed by atoms with E-state index in [4.69, 9.17) is 0 Å². The molecule has 1 aromatic carbocycles. The molecule has 2 aromatic rings. The normalized spacial score (nSPS) is 20.5. The summed E-state index contributed by atoms with van der Waals surface area (Å²) < 4.78 is 36.8. The van der Waals surface area contributed by atoms with E-state index >= 15 is 0 Å². The fraction of sp³-hybridized carbons (Fsp3) is 0.438. The molecule has 0 spiro atoms. The van der Waals surface area contributed by atoms with Gasteiger partial charge in [-0.2, -0.15) is 0 Å². The van der Waals surface area contributed by atoms with Crippen LogP contribution in [0.25, 0.3) is 0 Å². The Morgan fingerprint density at radius 2 is 2.04 bits per heavy atom. The summed E-state index contributed by atoms with van der Waals surface area (Å²) in [5, 5.41) is 11.1. The highest BCUT2D eigenvalue weighted by atomic mass is 32.2. The standard InChI is InChI=1S/C16H19FN4O3S2/c1-11-6-7-21(8-9-26(11,23)24)10-14-19-20-16(25-14)15(22)18-13-4-2-12(17)3-5-13/h2-5,11H,6-10H2,1H3,(H,18,22). The van der Waals surface area contributed by atoms with Crippen molar-refractivity contribution in [2.45, 2.75) is 25.1 Å². The lowest BCUT2D eigenvalue weighted by Crippen LogP contribution is -2.26. The molecule has 1 unspecified atom stereocenters. The molecule has 1 amide bonds. The zero-order chi connectivity index (χ0) is 18.7. The predicted molar refractivity (Wildman–Crippen MR) is 97.4 cm³/mol. The molecule has 0 aliphatic carbocycles. The van der Waals surface area contributed by atoms with Gasteiger partial charge in [0, 0.05) is 12.2 Å². The van der Waals surface area contributed by atoms with Crippen LogP contribution in [0, 0.1) is 5.82 Å². The van der Waals surface area contributed by atoms with Crippen molar-refractivity contribution in [3.05, 3.63) is 40.1 Å². The Balaban J connectivity index is 1.60. The number of nitrogens with one attached hydrogen (secondary N) is 1. The Hall–Kier alpha value is -1.91. The van der Waals surface area contributed by atoms with Gasteiger partial charge in [-0.1, -0.05) is 11.3 Å².